The fourth-order valence-electron chi connectivity index (χ4n) is 3.43. The molecule has 2 aromatic heterocycles. The van der Waals surface area contributed by atoms with Gasteiger partial charge in [-0.1, -0.05) is 30.0 Å². The first-order valence-electron chi connectivity index (χ1n) is 10.8. The van der Waals surface area contributed by atoms with E-state index in [-0.39, 0.29) is 34.3 Å². The molecule has 2 aromatic carbocycles. The average molecular weight is 521 g/mol. The summed E-state index contributed by atoms with van der Waals surface area (Å²) in [4.78, 5) is 66.5. The van der Waals surface area contributed by atoms with Crippen LogP contribution in [0.1, 0.15) is 15.9 Å². The van der Waals surface area contributed by atoms with Crippen LogP contribution in [0.4, 0.5) is 11.4 Å². The van der Waals surface area contributed by atoms with Crippen LogP contribution >= 0.6 is 11.8 Å². The molecule has 0 fully saturated rings. The van der Waals surface area contributed by atoms with E-state index in [0.717, 1.165) is 16.3 Å². The average Bonchev–Trinajstić information content (AvgIpc) is 3.33. The molecule has 0 bridgehead atoms. The second-order valence-electron chi connectivity index (χ2n) is 7.91. The number of H-pyrrole nitrogens is 1. The third-order valence-electron chi connectivity index (χ3n) is 5.37. The number of aromatic nitrogens is 4. The number of imidazole rings is 1. The Bertz CT molecular complexity index is 1680. The quantitative estimate of drug-likeness (QED) is 0.118. The van der Waals surface area contributed by atoms with Gasteiger partial charge in [0.25, 0.3) is 11.2 Å². The predicted octanol–water partition coefficient (Wildman–Crippen LogP) is 2.50. The van der Waals surface area contributed by atoms with Gasteiger partial charge in [-0.25, -0.2) is 9.78 Å². The summed E-state index contributed by atoms with van der Waals surface area (Å²) in [6.07, 6.45) is 2.81. The Kier molecular flexibility index (Phi) is 7.15. The number of hydrogen-bond acceptors (Lipinski definition) is 8. The van der Waals surface area contributed by atoms with Crippen LogP contribution in [-0.4, -0.2) is 41.5 Å². The second kappa shape index (κ2) is 10.5. The van der Waals surface area contributed by atoms with Crippen molar-refractivity contribution in [3.8, 4) is 0 Å². The van der Waals surface area contributed by atoms with Gasteiger partial charge in [-0.15, -0.1) is 0 Å². The number of carbonyl (C=O) groups excluding carboxylic acids is 2. The number of rotatable bonds is 8. The Morgan fingerprint density at radius 1 is 1.14 bits per heavy atom. The van der Waals surface area contributed by atoms with E-state index in [1.807, 2.05) is 0 Å². The monoisotopic (exact) mass is 520 g/mol. The van der Waals surface area contributed by atoms with Crippen molar-refractivity contribution < 1.29 is 14.5 Å². The number of nitrogens with zero attached hydrogens (tertiary/aromatic N) is 4. The minimum atomic E-state index is -0.507. The van der Waals surface area contributed by atoms with Crippen molar-refractivity contribution in [2.75, 3.05) is 11.1 Å². The predicted molar refractivity (Wildman–Crippen MR) is 139 cm³/mol. The molecule has 0 spiro atoms. The Labute approximate surface area is 212 Å². The second-order valence-corrected chi connectivity index (χ2v) is 8.87. The van der Waals surface area contributed by atoms with Gasteiger partial charge in [0, 0.05) is 37.5 Å². The van der Waals surface area contributed by atoms with Gasteiger partial charge in [-0.2, -0.15) is 0 Å². The molecule has 2 N–H and O–H groups in total. The van der Waals surface area contributed by atoms with Crippen molar-refractivity contribution in [3.05, 3.63) is 96.7 Å². The lowest BCUT2D eigenvalue weighted by atomic mass is 10.1. The van der Waals surface area contributed by atoms with Crippen LogP contribution in [0, 0.1) is 10.1 Å². The molecule has 0 atom stereocenters. The number of nitrogens with one attached hydrogen (secondary N) is 2. The third-order valence-corrected chi connectivity index (χ3v) is 6.25. The maximum atomic E-state index is 12.4. The lowest BCUT2D eigenvalue weighted by Gasteiger charge is -2.05. The van der Waals surface area contributed by atoms with Crippen LogP contribution in [0.15, 0.2) is 69.4 Å². The van der Waals surface area contributed by atoms with E-state index in [2.05, 4.69) is 15.3 Å². The number of carbonyl (C=O) groups is 2. The minimum Gasteiger partial charge on any atom is -0.327 e. The van der Waals surface area contributed by atoms with Crippen LogP contribution in [0.5, 0.6) is 0 Å². The number of anilines is 1. The van der Waals surface area contributed by atoms with Gasteiger partial charge in [-0.05, 0) is 35.9 Å². The molecular formula is C24H20N6O6S. The number of thioether (sulfide) groups is 1. The van der Waals surface area contributed by atoms with E-state index in [4.69, 9.17) is 0 Å². The number of aryl methyl sites for hydroxylation is 1. The van der Waals surface area contributed by atoms with Crippen LogP contribution in [0.25, 0.3) is 17.2 Å². The number of allylic oxidation sites excluding steroid dienone is 1. The first-order chi connectivity index (χ1) is 17.6. The zero-order valence-electron chi connectivity index (χ0n) is 19.6. The lowest BCUT2D eigenvalue weighted by molar-refractivity contribution is -0.384. The van der Waals surface area contributed by atoms with Crippen LogP contribution in [-0.2, 0) is 18.9 Å². The zero-order valence-corrected chi connectivity index (χ0v) is 20.4. The molecular weight excluding hydrogens is 500 g/mol. The summed E-state index contributed by atoms with van der Waals surface area (Å²) in [5.41, 5.74) is 0.688. The Morgan fingerprint density at radius 2 is 1.86 bits per heavy atom. The molecule has 37 heavy (non-hydrogen) atoms. The topological polar surface area (TPSA) is 162 Å². The number of nitro groups is 1. The molecule has 0 aliphatic rings. The summed E-state index contributed by atoms with van der Waals surface area (Å²) in [7, 11) is 2.88. The SMILES string of the molecule is Cn1c(=O)c2[nH]c(SCC(=O)Nc3ccc(C(=O)/C=C/c4cccc([N+](=O)[O-])c4)cc3)nc2n(C)c1=O. The number of amides is 1. The number of aromatic amines is 1. The highest BCUT2D eigenvalue weighted by molar-refractivity contribution is 7.99. The van der Waals surface area contributed by atoms with Crippen LogP contribution in [0.3, 0.4) is 0 Å². The lowest BCUT2D eigenvalue weighted by Crippen LogP contribution is -2.36. The van der Waals surface area contributed by atoms with Crippen molar-refractivity contribution in [3.63, 3.8) is 0 Å². The summed E-state index contributed by atoms with van der Waals surface area (Å²) in [6.45, 7) is 0. The Morgan fingerprint density at radius 3 is 2.57 bits per heavy atom. The molecule has 0 saturated heterocycles. The summed E-state index contributed by atoms with van der Waals surface area (Å²) in [6, 6.07) is 12.2. The van der Waals surface area contributed by atoms with Crippen molar-refractivity contribution in [2.24, 2.45) is 14.1 Å². The molecule has 13 heteroatoms. The molecule has 1 amide bonds. The Balaban J connectivity index is 1.36. The summed E-state index contributed by atoms with van der Waals surface area (Å²) in [5.74, 6) is -0.650. The Hall–Kier alpha value is -4.78. The standard InChI is InChI=1S/C24H20N6O6S/c1-28-21-20(22(33)29(2)24(28)34)26-23(27-21)37-13-19(32)25-16-9-7-15(8-10-16)18(31)11-6-14-4-3-5-17(12-14)30(35)36/h3-12H,13H2,1-2H3,(H,25,32)(H,26,27)/b11-6+. The molecule has 4 rings (SSSR count). The number of ketones is 1. The molecule has 0 saturated carbocycles. The summed E-state index contributed by atoms with van der Waals surface area (Å²) >= 11 is 1.07. The van der Waals surface area contributed by atoms with Crippen molar-refractivity contribution in [1.82, 2.24) is 19.1 Å². The van der Waals surface area contributed by atoms with Gasteiger partial charge in [0.05, 0.1) is 10.7 Å². The van der Waals surface area contributed by atoms with E-state index in [0.29, 0.717) is 22.0 Å². The first-order valence-corrected chi connectivity index (χ1v) is 11.8. The number of fused-ring (bicyclic) bond motifs is 1. The van der Waals surface area contributed by atoms with Crippen molar-refractivity contribution in [1.29, 1.82) is 0 Å². The molecule has 0 aliphatic carbocycles. The highest BCUT2D eigenvalue weighted by atomic mass is 32.2. The van der Waals surface area contributed by atoms with Crippen molar-refractivity contribution in [2.45, 2.75) is 5.16 Å². The van der Waals surface area contributed by atoms with Gasteiger partial charge in [-0.3, -0.25) is 33.6 Å². The smallest absolute Gasteiger partial charge is 0.327 e. The molecule has 0 unspecified atom stereocenters. The van der Waals surface area contributed by atoms with E-state index in [9.17, 15) is 29.3 Å². The summed E-state index contributed by atoms with van der Waals surface area (Å²) < 4.78 is 2.22. The highest BCUT2D eigenvalue weighted by Gasteiger charge is 2.15. The van der Waals surface area contributed by atoms with E-state index < -0.39 is 16.2 Å². The van der Waals surface area contributed by atoms with E-state index in [1.54, 1.807) is 30.3 Å². The van der Waals surface area contributed by atoms with Crippen LogP contribution in [0.2, 0.25) is 0 Å². The van der Waals surface area contributed by atoms with Gasteiger partial charge < -0.3 is 10.3 Å². The first kappa shape index (κ1) is 25.3. The van der Waals surface area contributed by atoms with E-state index in [1.165, 1.54) is 49.0 Å². The fourth-order valence-corrected chi connectivity index (χ4v) is 4.10. The number of hydrogen-bond donors (Lipinski definition) is 2. The molecule has 0 radical (unpaired) electrons. The number of non-ortho nitro benzene ring substituents is 1. The zero-order chi connectivity index (χ0) is 26.7. The van der Waals surface area contributed by atoms with Gasteiger partial charge in [0.15, 0.2) is 22.1 Å². The van der Waals surface area contributed by atoms with E-state index >= 15 is 0 Å². The molecule has 188 valence electrons. The minimum absolute atomic E-state index is 0.0132. The molecule has 4 aromatic rings. The molecule has 0 aliphatic heterocycles. The third kappa shape index (κ3) is 5.56. The highest BCUT2D eigenvalue weighted by Crippen LogP contribution is 2.18. The van der Waals surface area contributed by atoms with Gasteiger partial charge in [0.1, 0.15) is 0 Å². The number of nitro benzene ring substituents is 1. The van der Waals surface area contributed by atoms with Gasteiger partial charge in [0.2, 0.25) is 5.91 Å². The molecule has 2 heterocycles. The fraction of sp³-hybridized carbons (Fsp3) is 0.125. The maximum Gasteiger partial charge on any atom is 0.332 e. The van der Waals surface area contributed by atoms with Gasteiger partial charge >= 0.3 is 5.69 Å². The van der Waals surface area contributed by atoms with Crippen molar-refractivity contribution >= 4 is 52.1 Å². The van der Waals surface area contributed by atoms with Crippen LogP contribution < -0.4 is 16.6 Å². The largest absolute Gasteiger partial charge is 0.332 e. The number of benzene rings is 2. The molecule has 12 nitrogen and oxygen atoms in total. The maximum absolute atomic E-state index is 12.4. The summed E-state index contributed by atoms with van der Waals surface area (Å²) in [5, 5.41) is 13.9. The normalized spacial score (nSPS) is 11.2.